The van der Waals surface area contributed by atoms with Crippen LogP contribution in [0.3, 0.4) is 0 Å². The van der Waals surface area contributed by atoms with E-state index < -0.39 is 29.9 Å². The quantitative estimate of drug-likeness (QED) is 0.778. The van der Waals surface area contributed by atoms with Gasteiger partial charge in [0.15, 0.2) is 11.0 Å². The third kappa shape index (κ3) is 3.86. The summed E-state index contributed by atoms with van der Waals surface area (Å²) in [6.07, 6.45) is -1.38. The van der Waals surface area contributed by atoms with Gasteiger partial charge in [-0.15, -0.1) is 10.2 Å². The highest BCUT2D eigenvalue weighted by atomic mass is 35.5. The number of anilines is 1. The van der Waals surface area contributed by atoms with Crippen LogP contribution in [0.5, 0.6) is 0 Å². The summed E-state index contributed by atoms with van der Waals surface area (Å²) in [7, 11) is 1.77. The zero-order valence-corrected chi connectivity index (χ0v) is 16.1. The van der Waals surface area contributed by atoms with Crippen LogP contribution in [0, 0.1) is 0 Å². The topological polar surface area (TPSA) is 67.8 Å². The molecule has 0 spiro atoms. The molecule has 0 radical (unpaired) electrons. The van der Waals surface area contributed by atoms with Crippen LogP contribution < -0.4 is 4.90 Å². The van der Waals surface area contributed by atoms with Gasteiger partial charge in [-0.3, -0.25) is 4.90 Å². The van der Waals surface area contributed by atoms with Gasteiger partial charge in [-0.25, -0.2) is 9.18 Å². The average molecular weight is 387 g/mol. The fourth-order valence-electron chi connectivity index (χ4n) is 3.49. The van der Waals surface area contributed by atoms with Crippen LogP contribution >= 0.6 is 11.6 Å². The number of carbonyl (C=O) groups is 1. The van der Waals surface area contributed by atoms with Crippen LogP contribution in [0.25, 0.3) is 0 Å². The Hall–Kier alpha value is -1.67. The number of morpholine rings is 1. The van der Waals surface area contributed by atoms with Gasteiger partial charge in [0.1, 0.15) is 11.8 Å². The molecule has 2 bridgehead atoms. The number of aromatic nitrogens is 2. The van der Waals surface area contributed by atoms with Gasteiger partial charge in [0.2, 0.25) is 0 Å². The maximum absolute atomic E-state index is 15.3. The second-order valence-electron chi connectivity index (χ2n) is 7.72. The molecule has 1 aromatic rings. The Labute approximate surface area is 157 Å². The van der Waals surface area contributed by atoms with Gasteiger partial charge in [-0.05, 0) is 39.3 Å². The third-order valence-electron chi connectivity index (χ3n) is 4.68. The molecule has 7 nitrogen and oxygen atoms in total. The lowest BCUT2D eigenvalue weighted by Crippen LogP contribution is -2.68. The van der Waals surface area contributed by atoms with Crippen molar-refractivity contribution in [2.24, 2.45) is 0 Å². The van der Waals surface area contributed by atoms with Crippen molar-refractivity contribution in [3.8, 4) is 0 Å². The van der Waals surface area contributed by atoms with Crippen molar-refractivity contribution in [1.82, 2.24) is 15.1 Å². The molecule has 0 aromatic carbocycles. The summed E-state index contributed by atoms with van der Waals surface area (Å²) >= 11 is 5.77. The number of nitrogens with zero attached hydrogens (tertiary/aromatic N) is 4. The molecule has 0 unspecified atom stereocenters. The number of ether oxygens (including phenoxy) is 2. The lowest BCUT2D eigenvalue weighted by atomic mass is 9.88. The molecule has 0 aliphatic carbocycles. The number of amides is 1. The van der Waals surface area contributed by atoms with Crippen molar-refractivity contribution in [2.75, 3.05) is 25.2 Å². The number of carbonyl (C=O) groups excluding carboxylic acids is 1. The third-order valence-corrected chi connectivity index (χ3v) is 4.88. The molecule has 2 aliphatic heterocycles. The summed E-state index contributed by atoms with van der Waals surface area (Å²) in [5.74, 6) is 0.534. The van der Waals surface area contributed by atoms with E-state index in [1.54, 1.807) is 44.9 Å². The summed E-state index contributed by atoms with van der Waals surface area (Å²) in [5, 5.41) is 8.12. The molecule has 2 saturated heterocycles. The molecule has 26 heavy (non-hydrogen) atoms. The van der Waals surface area contributed by atoms with E-state index >= 15 is 4.39 Å². The molecule has 1 amide bonds. The largest absolute Gasteiger partial charge is 0.444 e. The Morgan fingerprint density at radius 1 is 1.38 bits per heavy atom. The number of rotatable bonds is 2. The molecule has 9 heteroatoms. The van der Waals surface area contributed by atoms with Crippen LogP contribution in [-0.4, -0.2) is 71.4 Å². The Kier molecular flexibility index (Phi) is 5.25. The van der Waals surface area contributed by atoms with E-state index in [4.69, 9.17) is 21.1 Å². The lowest BCUT2D eigenvalue weighted by molar-refractivity contribution is -0.107. The van der Waals surface area contributed by atoms with Gasteiger partial charge >= 0.3 is 6.09 Å². The molecule has 4 atom stereocenters. The highest BCUT2D eigenvalue weighted by molar-refractivity contribution is 6.29. The minimum absolute atomic E-state index is 0.146. The van der Waals surface area contributed by atoms with E-state index in [-0.39, 0.29) is 17.8 Å². The van der Waals surface area contributed by atoms with Crippen LogP contribution in [0.2, 0.25) is 5.15 Å². The van der Waals surface area contributed by atoms with Gasteiger partial charge in [0, 0.05) is 7.05 Å². The Balaban J connectivity index is 1.79. The van der Waals surface area contributed by atoms with Crippen LogP contribution in [-0.2, 0) is 9.47 Å². The van der Waals surface area contributed by atoms with Crippen molar-refractivity contribution in [3.05, 3.63) is 17.3 Å². The summed E-state index contributed by atoms with van der Waals surface area (Å²) in [5.41, 5.74) is -0.634. The summed E-state index contributed by atoms with van der Waals surface area (Å²) in [4.78, 5) is 15.9. The monoisotopic (exact) mass is 386 g/mol. The van der Waals surface area contributed by atoms with Crippen LogP contribution in [0.4, 0.5) is 15.0 Å². The predicted octanol–water partition coefficient (Wildman–Crippen LogP) is 2.68. The minimum Gasteiger partial charge on any atom is -0.444 e. The smallest absolute Gasteiger partial charge is 0.411 e. The first-order valence-corrected chi connectivity index (χ1v) is 9.00. The molecule has 3 rings (SSSR count). The minimum atomic E-state index is -1.30. The first kappa shape index (κ1) is 19.1. The molecule has 2 aliphatic rings. The highest BCUT2D eigenvalue weighted by Crippen LogP contribution is 2.34. The zero-order chi connectivity index (χ0) is 19.1. The van der Waals surface area contributed by atoms with Crippen molar-refractivity contribution in [3.63, 3.8) is 0 Å². The van der Waals surface area contributed by atoms with Crippen molar-refractivity contribution in [2.45, 2.75) is 57.1 Å². The molecule has 0 N–H and O–H groups in total. The summed E-state index contributed by atoms with van der Waals surface area (Å²) < 4.78 is 26.3. The SMILES string of the molecule is CN(c1ccc(Cl)nn1)[C@H]1C[C@H]2COC[C@H]([C@H]1F)N2C(=O)OC(C)(C)C. The first-order chi connectivity index (χ1) is 12.2. The lowest BCUT2D eigenvalue weighted by Gasteiger charge is -2.51. The van der Waals surface area contributed by atoms with Gasteiger partial charge in [0.25, 0.3) is 0 Å². The fraction of sp³-hybridized carbons (Fsp3) is 0.706. The maximum atomic E-state index is 15.3. The summed E-state index contributed by atoms with van der Waals surface area (Å²) in [6.45, 7) is 5.89. The standard InChI is InChI=1S/C17H24ClFN4O3/c1-17(2,3)26-16(24)23-10-7-11(15(19)12(23)9-25-8-10)22(4)14-6-5-13(18)20-21-14/h5-6,10-12,15H,7-9H2,1-4H3/t10-,11-,12+,15-/m0/s1. The maximum Gasteiger partial charge on any atom is 0.411 e. The number of halogens is 2. The molecule has 1 aromatic heterocycles. The number of alkyl halides is 1. The second kappa shape index (κ2) is 7.15. The fourth-order valence-corrected chi connectivity index (χ4v) is 3.59. The summed E-state index contributed by atoms with van der Waals surface area (Å²) in [6, 6.07) is 1.94. The van der Waals surface area contributed by atoms with Gasteiger partial charge in [-0.1, -0.05) is 11.6 Å². The van der Waals surface area contributed by atoms with Crippen molar-refractivity contribution < 1.29 is 18.7 Å². The first-order valence-electron chi connectivity index (χ1n) is 8.62. The van der Waals surface area contributed by atoms with E-state index in [0.717, 1.165) is 0 Å². The van der Waals surface area contributed by atoms with Crippen molar-refractivity contribution in [1.29, 1.82) is 0 Å². The Bertz CT molecular complexity index is 654. The second-order valence-corrected chi connectivity index (χ2v) is 8.11. The predicted molar refractivity (Wildman–Crippen MR) is 95.2 cm³/mol. The van der Waals surface area contributed by atoms with E-state index in [9.17, 15) is 4.79 Å². The van der Waals surface area contributed by atoms with Gasteiger partial charge in [0.05, 0.1) is 31.3 Å². The normalized spacial score (nSPS) is 28.6. The number of piperidine rings is 1. The number of fused-ring (bicyclic) bond motifs is 2. The Morgan fingerprint density at radius 2 is 2.12 bits per heavy atom. The molecular formula is C17H24ClFN4O3. The number of hydrogen-bond acceptors (Lipinski definition) is 6. The van der Waals surface area contributed by atoms with Crippen LogP contribution in [0.15, 0.2) is 12.1 Å². The van der Waals surface area contributed by atoms with Crippen molar-refractivity contribution >= 4 is 23.5 Å². The van der Waals surface area contributed by atoms with Crippen LogP contribution in [0.1, 0.15) is 27.2 Å². The number of hydrogen-bond donors (Lipinski definition) is 0. The molecule has 2 fully saturated rings. The molecule has 3 heterocycles. The molecular weight excluding hydrogens is 363 g/mol. The average Bonchev–Trinajstić information content (AvgIpc) is 2.56. The zero-order valence-electron chi connectivity index (χ0n) is 15.4. The van der Waals surface area contributed by atoms with E-state index in [1.807, 2.05) is 0 Å². The molecule has 0 saturated carbocycles. The Morgan fingerprint density at radius 3 is 2.73 bits per heavy atom. The van der Waals surface area contributed by atoms with Gasteiger partial charge < -0.3 is 14.4 Å². The van der Waals surface area contributed by atoms with E-state index in [0.29, 0.717) is 18.8 Å². The highest BCUT2D eigenvalue weighted by Gasteiger charge is 2.50. The van der Waals surface area contributed by atoms with E-state index in [1.165, 1.54) is 4.90 Å². The van der Waals surface area contributed by atoms with E-state index in [2.05, 4.69) is 10.2 Å². The molecule has 144 valence electrons. The van der Waals surface area contributed by atoms with Gasteiger partial charge in [-0.2, -0.15) is 0 Å².